The number of carbonyl (C=O) groups excluding carboxylic acids is 1. The molecule has 0 atom stereocenters. The van der Waals surface area contributed by atoms with Gasteiger partial charge in [-0.25, -0.2) is 0 Å². The van der Waals surface area contributed by atoms with E-state index in [-0.39, 0.29) is 5.78 Å². The number of H-pyrrole nitrogens is 1. The third-order valence-corrected chi connectivity index (χ3v) is 2.00. The molecular formula is C10H9N3O. The second kappa shape index (κ2) is 3.41. The average Bonchev–Trinajstić information content (AvgIpc) is 2.70. The van der Waals surface area contributed by atoms with Crippen LogP contribution in [0.2, 0.25) is 0 Å². The highest BCUT2D eigenvalue weighted by Crippen LogP contribution is 2.20. The zero-order valence-corrected chi connectivity index (χ0v) is 7.69. The lowest BCUT2D eigenvalue weighted by molar-refractivity contribution is 0.101. The Labute approximate surface area is 81.0 Å². The van der Waals surface area contributed by atoms with Crippen LogP contribution in [0.3, 0.4) is 0 Å². The lowest BCUT2D eigenvalue weighted by Gasteiger charge is -2.01. The lowest BCUT2D eigenvalue weighted by atomic mass is 10.0. The molecule has 0 radical (unpaired) electrons. The summed E-state index contributed by atoms with van der Waals surface area (Å²) < 4.78 is 0. The van der Waals surface area contributed by atoms with E-state index in [1.54, 1.807) is 19.2 Å². The smallest absolute Gasteiger partial charge is 0.160 e. The first kappa shape index (κ1) is 8.62. The molecule has 2 aromatic rings. The van der Waals surface area contributed by atoms with Crippen LogP contribution in [0.15, 0.2) is 30.5 Å². The molecule has 0 saturated heterocycles. The summed E-state index contributed by atoms with van der Waals surface area (Å²) in [7, 11) is 0. The number of hydrogen-bond acceptors (Lipinski definition) is 3. The molecule has 1 N–H and O–H groups in total. The number of aromatic amines is 1. The maximum absolute atomic E-state index is 11.3. The molecule has 0 spiro atoms. The summed E-state index contributed by atoms with van der Waals surface area (Å²) in [5.74, 6) is 0.0311. The van der Waals surface area contributed by atoms with Gasteiger partial charge in [0, 0.05) is 11.1 Å². The van der Waals surface area contributed by atoms with Gasteiger partial charge in [-0.3, -0.25) is 9.89 Å². The van der Waals surface area contributed by atoms with Gasteiger partial charge >= 0.3 is 0 Å². The average molecular weight is 187 g/mol. The molecule has 0 bridgehead atoms. The minimum atomic E-state index is 0.0311. The van der Waals surface area contributed by atoms with Crippen molar-refractivity contribution in [3.63, 3.8) is 0 Å². The minimum absolute atomic E-state index is 0.0311. The van der Waals surface area contributed by atoms with Crippen molar-refractivity contribution in [2.24, 2.45) is 0 Å². The topological polar surface area (TPSA) is 58.6 Å². The van der Waals surface area contributed by atoms with Crippen molar-refractivity contribution in [3.8, 4) is 11.3 Å². The highest BCUT2D eigenvalue weighted by molar-refractivity contribution is 6.00. The summed E-state index contributed by atoms with van der Waals surface area (Å²) in [6.07, 6.45) is 1.67. The van der Waals surface area contributed by atoms with Gasteiger partial charge in [-0.15, -0.1) is 5.10 Å². The van der Waals surface area contributed by atoms with Gasteiger partial charge in [-0.1, -0.05) is 29.5 Å². The quantitative estimate of drug-likeness (QED) is 0.727. The molecular weight excluding hydrogens is 178 g/mol. The Morgan fingerprint density at radius 1 is 1.36 bits per heavy atom. The molecule has 0 aliphatic heterocycles. The molecule has 2 rings (SSSR count). The number of aromatic nitrogens is 3. The summed E-state index contributed by atoms with van der Waals surface area (Å²) in [5, 5.41) is 10.1. The molecule has 0 aliphatic rings. The highest BCUT2D eigenvalue weighted by Gasteiger charge is 2.09. The molecule has 14 heavy (non-hydrogen) atoms. The van der Waals surface area contributed by atoms with E-state index in [2.05, 4.69) is 15.4 Å². The number of nitrogens with one attached hydrogen (secondary N) is 1. The number of ketones is 1. The van der Waals surface area contributed by atoms with E-state index in [0.717, 1.165) is 5.56 Å². The largest absolute Gasteiger partial charge is 0.294 e. The van der Waals surface area contributed by atoms with E-state index in [9.17, 15) is 4.79 Å². The fraction of sp³-hybridized carbons (Fsp3) is 0.100. The monoisotopic (exact) mass is 187 g/mol. The number of carbonyl (C=O) groups is 1. The van der Waals surface area contributed by atoms with Gasteiger partial charge in [0.05, 0.1) is 6.20 Å². The summed E-state index contributed by atoms with van der Waals surface area (Å²) >= 11 is 0. The second-order valence-electron chi connectivity index (χ2n) is 2.96. The van der Waals surface area contributed by atoms with Gasteiger partial charge in [0.15, 0.2) is 5.78 Å². The zero-order valence-electron chi connectivity index (χ0n) is 7.69. The van der Waals surface area contributed by atoms with E-state index < -0.39 is 0 Å². The first-order valence-electron chi connectivity index (χ1n) is 4.26. The number of benzene rings is 1. The third-order valence-electron chi connectivity index (χ3n) is 2.00. The Bertz CT molecular complexity index is 448. The van der Waals surface area contributed by atoms with Crippen molar-refractivity contribution in [1.82, 2.24) is 15.4 Å². The van der Waals surface area contributed by atoms with Gasteiger partial charge in [0.1, 0.15) is 5.69 Å². The van der Waals surface area contributed by atoms with Crippen LogP contribution in [-0.4, -0.2) is 21.2 Å². The van der Waals surface area contributed by atoms with Gasteiger partial charge in [-0.05, 0) is 6.92 Å². The number of Topliss-reactive ketones (excluding diaryl/α,β-unsaturated/α-hetero) is 1. The SMILES string of the molecule is CC(=O)c1ccccc1-c1c[nH]nn1. The fourth-order valence-corrected chi connectivity index (χ4v) is 1.35. The Kier molecular flexibility index (Phi) is 2.10. The summed E-state index contributed by atoms with van der Waals surface area (Å²) in [4.78, 5) is 11.3. The minimum Gasteiger partial charge on any atom is -0.294 e. The predicted octanol–water partition coefficient (Wildman–Crippen LogP) is 1.67. The number of rotatable bonds is 2. The van der Waals surface area contributed by atoms with Gasteiger partial charge in [-0.2, -0.15) is 0 Å². The molecule has 1 aromatic carbocycles. The molecule has 1 heterocycles. The van der Waals surface area contributed by atoms with E-state index >= 15 is 0 Å². The first-order valence-corrected chi connectivity index (χ1v) is 4.26. The molecule has 4 heteroatoms. The maximum atomic E-state index is 11.3. The Morgan fingerprint density at radius 3 is 2.79 bits per heavy atom. The van der Waals surface area contributed by atoms with Crippen LogP contribution < -0.4 is 0 Å². The van der Waals surface area contributed by atoms with Crippen LogP contribution in [0.1, 0.15) is 17.3 Å². The van der Waals surface area contributed by atoms with E-state index in [1.807, 2.05) is 18.2 Å². The predicted molar refractivity (Wildman–Crippen MR) is 51.8 cm³/mol. The van der Waals surface area contributed by atoms with Gasteiger partial charge in [0.25, 0.3) is 0 Å². The highest BCUT2D eigenvalue weighted by atomic mass is 16.1. The lowest BCUT2D eigenvalue weighted by Crippen LogP contribution is -1.95. The fourth-order valence-electron chi connectivity index (χ4n) is 1.35. The van der Waals surface area contributed by atoms with Gasteiger partial charge in [0.2, 0.25) is 0 Å². The normalized spacial score (nSPS) is 10.1. The Hall–Kier alpha value is -1.97. The maximum Gasteiger partial charge on any atom is 0.160 e. The van der Waals surface area contributed by atoms with Gasteiger partial charge < -0.3 is 0 Å². The number of hydrogen-bond donors (Lipinski definition) is 1. The standard InChI is InChI=1S/C10H9N3O/c1-7(14)8-4-2-3-5-9(8)10-6-11-13-12-10/h2-6H,1H3,(H,11,12,13). The van der Waals surface area contributed by atoms with Crippen LogP contribution in [-0.2, 0) is 0 Å². The van der Waals surface area contributed by atoms with Crippen molar-refractivity contribution in [2.45, 2.75) is 6.92 Å². The molecule has 0 fully saturated rings. The van der Waals surface area contributed by atoms with Crippen LogP contribution in [0, 0.1) is 0 Å². The van der Waals surface area contributed by atoms with Crippen molar-refractivity contribution < 1.29 is 4.79 Å². The van der Waals surface area contributed by atoms with Crippen LogP contribution in [0.4, 0.5) is 0 Å². The van der Waals surface area contributed by atoms with E-state index in [1.165, 1.54) is 0 Å². The summed E-state index contributed by atoms with van der Waals surface area (Å²) in [6, 6.07) is 7.34. The zero-order chi connectivity index (χ0) is 9.97. The third kappa shape index (κ3) is 1.42. The summed E-state index contributed by atoms with van der Waals surface area (Å²) in [6.45, 7) is 1.54. The van der Waals surface area contributed by atoms with Crippen molar-refractivity contribution in [2.75, 3.05) is 0 Å². The van der Waals surface area contributed by atoms with Crippen molar-refractivity contribution in [1.29, 1.82) is 0 Å². The molecule has 4 nitrogen and oxygen atoms in total. The van der Waals surface area contributed by atoms with Crippen LogP contribution in [0.25, 0.3) is 11.3 Å². The first-order chi connectivity index (χ1) is 6.79. The van der Waals surface area contributed by atoms with Crippen LogP contribution in [0.5, 0.6) is 0 Å². The molecule has 0 unspecified atom stereocenters. The van der Waals surface area contributed by atoms with E-state index in [0.29, 0.717) is 11.3 Å². The van der Waals surface area contributed by atoms with Crippen LogP contribution >= 0.6 is 0 Å². The second-order valence-corrected chi connectivity index (χ2v) is 2.96. The van der Waals surface area contributed by atoms with Crippen molar-refractivity contribution >= 4 is 5.78 Å². The number of nitrogens with zero attached hydrogens (tertiary/aromatic N) is 2. The summed E-state index contributed by atoms with van der Waals surface area (Å²) in [5.41, 5.74) is 2.17. The molecule has 0 aliphatic carbocycles. The molecule has 0 amide bonds. The molecule has 1 aromatic heterocycles. The van der Waals surface area contributed by atoms with Crippen molar-refractivity contribution in [3.05, 3.63) is 36.0 Å². The Balaban J connectivity index is 2.58. The molecule has 70 valence electrons. The Morgan fingerprint density at radius 2 is 2.14 bits per heavy atom. The molecule has 0 saturated carbocycles. The van der Waals surface area contributed by atoms with E-state index in [4.69, 9.17) is 0 Å².